The van der Waals surface area contributed by atoms with Crippen LogP contribution in [0.4, 0.5) is 18.9 Å². The Balaban J connectivity index is 0.00000338. The van der Waals surface area contributed by atoms with Gasteiger partial charge in [0.15, 0.2) is 0 Å². The van der Waals surface area contributed by atoms with E-state index in [1.807, 2.05) is 5.32 Å². The fourth-order valence-corrected chi connectivity index (χ4v) is 2.69. The maximum atomic E-state index is 12.2. The van der Waals surface area contributed by atoms with Gasteiger partial charge in [0.1, 0.15) is 6.54 Å². The van der Waals surface area contributed by atoms with E-state index in [-0.39, 0.29) is 23.9 Å². The molecule has 9 heteroatoms. The molecule has 0 aliphatic carbocycles. The SMILES string of the molecule is Cc1ccc(C(=O)NCC(F)(F)F)cc1NC(=O)CCC1CCNC1.Cl. The molecule has 3 N–H and O–H groups in total. The molecule has 1 aromatic carbocycles. The number of benzene rings is 1. The quantitative estimate of drug-likeness (QED) is 0.695. The Morgan fingerprint density at radius 2 is 2.04 bits per heavy atom. The van der Waals surface area contributed by atoms with Crippen LogP contribution in [0.3, 0.4) is 0 Å². The lowest BCUT2D eigenvalue weighted by Crippen LogP contribution is -2.33. The van der Waals surface area contributed by atoms with E-state index in [4.69, 9.17) is 0 Å². The maximum absolute atomic E-state index is 12.2. The fraction of sp³-hybridized carbons (Fsp3) is 0.529. The van der Waals surface area contributed by atoms with E-state index in [1.54, 1.807) is 13.0 Å². The van der Waals surface area contributed by atoms with Gasteiger partial charge in [-0.25, -0.2) is 0 Å². The van der Waals surface area contributed by atoms with E-state index in [9.17, 15) is 22.8 Å². The molecule has 26 heavy (non-hydrogen) atoms. The zero-order chi connectivity index (χ0) is 18.4. The number of rotatable bonds is 6. The second kappa shape index (κ2) is 9.78. The van der Waals surface area contributed by atoms with Gasteiger partial charge in [-0.1, -0.05) is 6.07 Å². The minimum atomic E-state index is -4.47. The molecule has 1 aromatic rings. The first kappa shape index (κ1) is 22.2. The van der Waals surface area contributed by atoms with Gasteiger partial charge in [-0.3, -0.25) is 9.59 Å². The van der Waals surface area contributed by atoms with Crippen molar-refractivity contribution < 1.29 is 22.8 Å². The topological polar surface area (TPSA) is 70.2 Å². The van der Waals surface area contributed by atoms with Crippen LogP contribution in [0.25, 0.3) is 0 Å². The van der Waals surface area contributed by atoms with E-state index in [0.717, 1.165) is 31.5 Å². The second-order valence-electron chi connectivity index (χ2n) is 6.27. The lowest BCUT2D eigenvalue weighted by molar-refractivity contribution is -0.123. The summed E-state index contributed by atoms with van der Waals surface area (Å²) in [6.45, 7) is 2.26. The first-order valence-electron chi connectivity index (χ1n) is 8.21. The van der Waals surface area contributed by atoms with Gasteiger partial charge in [0.25, 0.3) is 5.91 Å². The molecule has 1 aliphatic rings. The Bertz CT molecular complexity index is 632. The minimum Gasteiger partial charge on any atom is -0.343 e. The third kappa shape index (κ3) is 7.21. The molecule has 0 radical (unpaired) electrons. The molecular weight excluding hydrogens is 371 g/mol. The molecule has 5 nitrogen and oxygen atoms in total. The lowest BCUT2D eigenvalue weighted by atomic mass is 10.0. The third-order valence-corrected chi connectivity index (χ3v) is 4.17. The van der Waals surface area contributed by atoms with Gasteiger partial charge in [0.05, 0.1) is 0 Å². The third-order valence-electron chi connectivity index (χ3n) is 4.17. The van der Waals surface area contributed by atoms with E-state index < -0.39 is 18.6 Å². The molecule has 1 heterocycles. The number of halogens is 4. The average molecular weight is 394 g/mol. The van der Waals surface area contributed by atoms with Gasteiger partial charge >= 0.3 is 6.18 Å². The number of aryl methyl sites for hydroxylation is 1. The number of carbonyl (C=O) groups excluding carboxylic acids is 2. The van der Waals surface area contributed by atoms with Gasteiger partial charge < -0.3 is 16.0 Å². The number of anilines is 1. The van der Waals surface area contributed by atoms with Gasteiger partial charge in [-0.15, -0.1) is 12.4 Å². The van der Waals surface area contributed by atoms with Crippen molar-refractivity contribution in [1.29, 1.82) is 0 Å². The summed E-state index contributed by atoms with van der Waals surface area (Å²) in [7, 11) is 0. The van der Waals surface area contributed by atoms with Crippen LogP contribution in [-0.2, 0) is 4.79 Å². The highest BCUT2D eigenvalue weighted by Crippen LogP contribution is 2.20. The van der Waals surface area contributed by atoms with Crippen molar-refractivity contribution >= 4 is 29.9 Å². The average Bonchev–Trinajstić information content (AvgIpc) is 3.05. The minimum absolute atomic E-state index is 0. The van der Waals surface area contributed by atoms with E-state index in [0.29, 0.717) is 18.0 Å². The molecule has 1 unspecified atom stereocenters. The molecule has 2 amide bonds. The summed E-state index contributed by atoms with van der Waals surface area (Å²) in [5.74, 6) is -0.501. The number of carbonyl (C=O) groups is 2. The Morgan fingerprint density at radius 3 is 2.65 bits per heavy atom. The molecule has 0 saturated carbocycles. The monoisotopic (exact) mass is 393 g/mol. The first-order chi connectivity index (χ1) is 11.7. The molecule has 0 aromatic heterocycles. The Hall–Kier alpha value is -1.80. The van der Waals surface area contributed by atoms with Crippen LogP contribution in [0.1, 0.15) is 35.2 Å². The van der Waals surface area contributed by atoms with Crippen molar-refractivity contribution in [1.82, 2.24) is 10.6 Å². The molecule has 0 bridgehead atoms. The number of hydrogen-bond donors (Lipinski definition) is 3. The van der Waals surface area contributed by atoms with Crippen molar-refractivity contribution in [2.24, 2.45) is 5.92 Å². The summed E-state index contributed by atoms with van der Waals surface area (Å²) in [4.78, 5) is 23.9. The van der Waals surface area contributed by atoms with E-state index in [2.05, 4.69) is 10.6 Å². The molecule has 2 rings (SSSR count). The number of alkyl halides is 3. The van der Waals surface area contributed by atoms with E-state index in [1.165, 1.54) is 12.1 Å². The van der Waals surface area contributed by atoms with Crippen LogP contribution in [0.15, 0.2) is 18.2 Å². The standard InChI is InChI=1S/C17H22F3N3O2.ClH/c1-11-2-4-13(16(25)22-10-17(18,19)20)8-14(11)23-15(24)5-3-12-6-7-21-9-12;/h2,4,8,12,21H,3,5-7,9-10H2,1H3,(H,22,25)(H,23,24);1H. The van der Waals surface area contributed by atoms with Crippen LogP contribution in [-0.4, -0.2) is 37.6 Å². The van der Waals surface area contributed by atoms with Gasteiger partial charge in [0, 0.05) is 17.7 Å². The number of nitrogens with one attached hydrogen (secondary N) is 3. The molecule has 1 saturated heterocycles. The lowest BCUT2D eigenvalue weighted by Gasteiger charge is -2.13. The van der Waals surface area contributed by atoms with Crippen LogP contribution in [0.5, 0.6) is 0 Å². The molecule has 0 spiro atoms. The largest absolute Gasteiger partial charge is 0.405 e. The summed E-state index contributed by atoms with van der Waals surface area (Å²) in [5.41, 5.74) is 1.25. The summed E-state index contributed by atoms with van der Waals surface area (Å²) in [6.07, 6.45) is -2.26. The van der Waals surface area contributed by atoms with Crippen LogP contribution < -0.4 is 16.0 Å². The van der Waals surface area contributed by atoms with Crippen LogP contribution >= 0.6 is 12.4 Å². The highest BCUT2D eigenvalue weighted by atomic mass is 35.5. The molecule has 146 valence electrons. The van der Waals surface area contributed by atoms with Crippen molar-refractivity contribution in [2.75, 3.05) is 25.0 Å². The Labute approximate surface area is 156 Å². The van der Waals surface area contributed by atoms with E-state index >= 15 is 0 Å². The number of amides is 2. The normalized spacial score (nSPS) is 16.7. The molecule has 1 aliphatic heterocycles. The summed E-state index contributed by atoms with van der Waals surface area (Å²) < 4.78 is 36.6. The Morgan fingerprint density at radius 1 is 1.31 bits per heavy atom. The number of hydrogen-bond acceptors (Lipinski definition) is 3. The molecule has 1 fully saturated rings. The van der Waals surface area contributed by atoms with Crippen molar-refractivity contribution in [3.63, 3.8) is 0 Å². The summed E-state index contributed by atoms with van der Waals surface area (Å²) in [6, 6.07) is 4.43. The zero-order valence-corrected chi connectivity index (χ0v) is 15.2. The molecule has 1 atom stereocenters. The van der Waals surface area contributed by atoms with Crippen molar-refractivity contribution in [3.8, 4) is 0 Å². The Kier molecular flexibility index (Phi) is 8.36. The van der Waals surface area contributed by atoms with Crippen LogP contribution in [0, 0.1) is 12.8 Å². The van der Waals surface area contributed by atoms with Crippen molar-refractivity contribution in [2.45, 2.75) is 32.4 Å². The van der Waals surface area contributed by atoms with Crippen LogP contribution in [0.2, 0.25) is 0 Å². The highest BCUT2D eigenvalue weighted by Gasteiger charge is 2.28. The second-order valence-corrected chi connectivity index (χ2v) is 6.27. The first-order valence-corrected chi connectivity index (χ1v) is 8.21. The maximum Gasteiger partial charge on any atom is 0.405 e. The predicted octanol–water partition coefficient (Wildman–Crippen LogP) is 3.04. The zero-order valence-electron chi connectivity index (χ0n) is 14.4. The predicted molar refractivity (Wildman–Crippen MR) is 95.7 cm³/mol. The summed E-state index contributed by atoms with van der Waals surface area (Å²) >= 11 is 0. The highest BCUT2D eigenvalue weighted by molar-refractivity contribution is 5.97. The smallest absolute Gasteiger partial charge is 0.343 e. The molecular formula is C17H23ClF3N3O2. The van der Waals surface area contributed by atoms with Gasteiger partial charge in [-0.05, 0) is 56.5 Å². The van der Waals surface area contributed by atoms with Gasteiger partial charge in [-0.2, -0.15) is 13.2 Å². The van der Waals surface area contributed by atoms with Crippen molar-refractivity contribution in [3.05, 3.63) is 29.3 Å². The van der Waals surface area contributed by atoms with Gasteiger partial charge in [0.2, 0.25) is 5.91 Å². The fourth-order valence-electron chi connectivity index (χ4n) is 2.69. The summed E-state index contributed by atoms with van der Waals surface area (Å²) in [5, 5.41) is 7.80.